The summed E-state index contributed by atoms with van der Waals surface area (Å²) in [6.45, 7) is 0. The average Bonchev–Trinajstić information content (AvgIpc) is 2.39. The Labute approximate surface area is 112 Å². The number of benzene rings is 1. The number of alkyl halides is 2. The van der Waals surface area contributed by atoms with E-state index in [0.717, 1.165) is 0 Å². The second kappa shape index (κ2) is 5.60. The van der Waals surface area contributed by atoms with Gasteiger partial charge < -0.3 is 0 Å². The van der Waals surface area contributed by atoms with Crippen molar-refractivity contribution in [2.24, 2.45) is 0 Å². The van der Waals surface area contributed by atoms with Gasteiger partial charge in [-0.05, 0) is 21.5 Å². The van der Waals surface area contributed by atoms with Crippen LogP contribution in [0.5, 0.6) is 0 Å². The summed E-state index contributed by atoms with van der Waals surface area (Å²) in [4.78, 5) is 0.456. The number of hydrogen-bond acceptors (Lipinski definition) is 0. The molecule has 0 fully saturated rings. The number of halogens is 2. The van der Waals surface area contributed by atoms with Crippen molar-refractivity contribution >= 4 is 31.9 Å². The predicted molar refractivity (Wildman–Crippen MR) is 72.7 cm³/mol. The van der Waals surface area contributed by atoms with E-state index >= 15 is 0 Å². The molecule has 16 heavy (non-hydrogen) atoms. The van der Waals surface area contributed by atoms with E-state index in [2.05, 4.69) is 73.1 Å². The molecular weight excluding hydrogens is 330 g/mol. The average molecular weight is 342 g/mol. The first-order chi connectivity index (χ1) is 7.79. The summed E-state index contributed by atoms with van der Waals surface area (Å²) >= 11 is 7.42. The highest BCUT2D eigenvalue weighted by molar-refractivity contribution is 9.11. The molecule has 0 saturated carbocycles. The topological polar surface area (TPSA) is 3.88 Å². The van der Waals surface area contributed by atoms with Crippen molar-refractivity contribution < 1.29 is 4.57 Å². The molecular formula is C13H12Br2N+. The molecule has 0 aliphatic rings. The van der Waals surface area contributed by atoms with Crippen LogP contribution >= 0.6 is 31.9 Å². The van der Waals surface area contributed by atoms with Gasteiger partial charge in [-0.25, -0.2) is 0 Å². The smallest absolute Gasteiger partial charge is 0.191 e. The van der Waals surface area contributed by atoms with Crippen LogP contribution in [-0.2, 0) is 0 Å². The van der Waals surface area contributed by atoms with Crippen molar-refractivity contribution in [2.75, 3.05) is 0 Å². The minimum Gasteiger partial charge on any atom is -0.191 e. The molecule has 0 spiro atoms. The molecule has 0 N–H and O–H groups in total. The lowest BCUT2D eigenvalue weighted by Crippen LogP contribution is -2.37. The Bertz CT molecular complexity index is 387. The highest BCUT2D eigenvalue weighted by Gasteiger charge is 2.24. The van der Waals surface area contributed by atoms with Gasteiger partial charge >= 0.3 is 0 Å². The number of rotatable bonds is 3. The molecule has 82 valence electrons. The summed E-state index contributed by atoms with van der Waals surface area (Å²) < 4.78 is 2.13. The van der Waals surface area contributed by atoms with Crippen LogP contribution in [0.1, 0.15) is 15.3 Å². The molecule has 0 bridgehead atoms. The zero-order valence-corrected chi connectivity index (χ0v) is 11.8. The van der Waals surface area contributed by atoms with Gasteiger partial charge in [-0.3, -0.25) is 0 Å². The first-order valence-electron chi connectivity index (χ1n) is 5.08. The molecule has 0 radical (unpaired) electrons. The lowest BCUT2D eigenvalue weighted by Gasteiger charge is -2.12. The highest BCUT2D eigenvalue weighted by Crippen LogP contribution is 2.34. The fraction of sp³-hybridized carbons (Fsp3) is 0.154. The summed E-state index contributed by atoms with van der Waals surface area (Å²) in [6.07, 6.45) is 4.10. The molecule has 1 aromatic carbocycles. The number of aromatic nitrogens is 1. The van der Waals surface area contributed by atoms with Gasteiger partial charge in [-0.15, -0.1) is 0 Å². The predicted octanol–water partition coefficient (Wildman–Crippen LogP) is 4.00. The highest BCUT2D eigenvalue weighted by atomic mass is 79.9. The Morgan fingerprint density at radius 3 is 2.00 bits per heavy atom. The van der Waals surface area contributed by atoms with Crippen LogP contribution in [0.25, 0.3) is 0 Å². The van der Waals surface area contributed by atoms with Crippen molar-refractivity contribution in [1.29, 1.82) is 0 Å². The summed E-state index contributed by atoms with van der Waals surface area (Å²) in [5.74, 6) is 0. The summed E-state index contributed by atoms with van der Waals surface area (Å²) in [5.41, 5.74) is 1.26. The Kier molecular flexibility index (Phi) is 4.13. The molecule has 0 amide bonds. The molecule has 1 heterocycles. The SMILES string of the molecule is BrC(c1ccccc1)C(Br)[n+]1ccccc1. The van der Waals surface area contributed by atoms with E-state index in [1.807, 2.05) is 24.3 Å². The number of nitrogens with zero attached hydrogens (tertiary/aromatic N) is 1. The molecule has 2 atom stereocenters. The van der Waals surface area contributed by atoms with Gasteiger partial charge in [0.25, 0.3) is 0 Å². The Balaban J connectivity index is 2.20. The van der Waals surface area contributed by atoms with Crippen LogP contribution in [0.4, 0.5) is 0 Å². The van der Waals surface area contributed by atoms with E-state index in [0.29, 0.717) is 0 Å². The molecule has 0 saturated heterocycles. The zero-order valence-electron chi connectivity index (χ0n) is 8.63. The monoisotopic (exact) mass is 340 g/mol. The quantitative estimate of drug-likeness (QED) is 0.586. The Hall–Kier alpha value is -0.670. The fourth-order valence-electron chi connectivity index (χ4n) is 1.52. The van der Waals surface area contributed by atoms with Crippen LogP contribution in [0.15, 0.2) is 60.9 Å². The zero-order chi connectivity index (χ0) is 11.4. The standard InChI is InChI=1S/C13H12Br2N/c14-12(11-7-3-1-4-8-11)13(15)16-9-5-2-6-10-16/h1-10,12-13H/q+1. The molecule has 1 aromatic heterocycles. The lowest BCUT2D eigenvalue weighted by molar-refractivity contribution is -0.697. The summed E-state index contributed by atoms with van der Waals surface area (Å²) in [5, 5.41) is 0. The van der Waals surface area contributed by atoms with Gasteiger partial charge in [0.15, 0.2) is 12.4 Å². The Morgan fingerprint density at radius 1 is 0.812 bits per heavy atom. The molecule has 2 unspecified atom stereocenters. The first kappa shape index (κ1) is 11.8. The van der Waals surface area contributed by atoms with Crippen LogP contribution in [0.2, 0.25) is 0 Å². The van der Waals surface area contributed by atoms with E-state index in [4.69, 9.17) is 0 Å². The molecule has 2 aromatic rings. The van der Waals surface area contributed by atoms with Crippen LogP contribution in [0.3, 0.4) is 0 Å². The van der Waals surface area contributed by atoms with Gasteiger partial charge in [0.2, 0.25) is 4.95 Å². The first-order valence-corrected chi connectivity index (χ1v) is 6.91. The van der Waals surface area contributed by atoms with E-state index in [1.165, 1.54) is 5.56 Å². The largest absolute Gasteiger partial charge is 0.228 e. The van der Waals surface area contributed by atoms with Crippen molar-refractivity contribution in [1.82, 2.24) is 0 Å². The molecule has 3 heteroatoms. The van der Waals surface area contributed by atoms with E-state index < -0.39 is 0 Å². The van der Waals surface area contributed by atoms with Gasteiger partial charge in [0, 0.05) is 12.1 Å². The maximum absolute atomic E-state index is 3.72. The van der Waals surface area contributed by atoms with Crippen molar-refractivity contribution in [3.8, 4) is 0 Å². The van der Waals surface area contributed by atoms with Crippen LogP contribution < -0.4 is 4.57 Å². The minimum absolute atomic E-state index is 0.205. The van der Waals surface area contributed by atoms with E-state index in [-0.39, 0.29) is 9.78 Å². The van der Waals surface area contributed by atoms with E-state index in [1.54, 1.807) is 0 Å². The van der Waals surface area contributed by atoms with Gasteiger partial charge in [0.05, 0.1) is 0 Å². The van der Waals surface area contributed by atoms with Crippen molar-refractivity contribution in [3.05, 3.63) is 66.5 Å². The van der Waals surface area contributed by atoms with Crippen molar-refractivity contribution in [3.63, 3.8) is 0 Å². The van der Waals surface area contributed by atoms with Gasteiger partial charge in [-0.2, -0.15) is 4.57 Å². The molecule has 0 aliphatic heterocycles. The van der Waals surface area contributed by atoms with Gasteiger partial charge in [0.1, 0.15) is 4.83 Å². The maximum Gasteiger partial charge on any atom is 0.228 e. The van der Waals surface area contributed by atoms with Crippen LogP contribution in [0, 0.1) is 0 Å². The molecule has 0 aliphatic carbocycles. The van der Waals surface area contributed by atoms with Crippen LogP contribution in [-0.4, -0.2) is 0 Å². The third-order valence-electron chi connectivity index (χ3n) is 2.38. The molecule has 2 rings (SSSR count). The normalized spacial score (nSPS) is 14.4. The summed E-state index contributed by atoms with van der Waals surface area (Å²) in [6, 6.07) is 16.5. The third-order valence-corrected chi connectivity index (χ3v) is 5.12. The Morgan fingerprint density at radius 2 is 1.38 bits per heavy atom. The third kappa shape index (κ3) is 2.71. The second-order valence-electron chi connectivity index (χ2n) is 3.51. The van der Waals surface area contributed by atoms with Gasteiger partial charge in [-0.1, -0.05) is 52.3 Å². The maximum atomic E-state index is 3.72. The fourth-order valence-corrected chi connectivity index (χ4v) is 2.68. The minimum atomic E-state index is 0.205. The summed E-state index contributed by atoms with van der Waals surface area (Å²) in [7, 11) is 0. The van der Waals surface area contributed by atoms with E-state index in [9.17, 15) is 0 Å². The number of pyridine rings is 1. The second-order valence-corrected chi connectivity index (χ2v) is 5.43. The lowest BCUT2D eigenvalue weighted by atomic mass is 10.1. The van der Waals surface area contributed by atoms with Crippen molar-refractivity contribution in [2.45, 2.75) is 9.78 Å². The molecule has 1 nitrogen and oxygen atoms in total. The number of hydrogen-bond donors (Lipinski definition) is 0.